The van der Waals surface area contributed by atoms with Gasteiger partial charge in [-0.1, -0.05) is 60.7 Å². The summed E-state index contributed by atoms with van der Waals surface area (Å²) in [6.07, 6.45) is 4.01. The van der Waals surface area contributed by atoms with Gasteiger partial charge in [-0.25, -0.2) is 0 Å². The standard InChI is InChI=1S/C23H23NO2S/c1-3-9-20-12-7-8-13-21(20)26-15-18-14-22(27-16-18)23(25)24-17(2)19-10-5-4-6-11-19/h3-14,16-17H,15H2,1-2H3,(H,24,25)/b9-3+. The minimum Gasteiger partial charge on any atom is -0.488 e. The average Bonchev–Trinajstić information content (AvgIpc) is 3.17. The minimum atomic E-state index is -0.0584. The SMILES string of the molecule is C/C=C/c1ccccc1OCc1csc(C(=O)NC(C)c2ccccc2)c1. The van der Waals surface area contributed by atoms with E-state index in [0.29, 0.717) is 11.5 Å². The van der Waals surface area contributed by atoms with Crippen molar-refractivity contribution in [2.24, 2.45) is 0 Å². The van der Waals surface area contributed by atoms with E-state index in [-0.39, 0.29) is 11.9 Å². The Morgan fingerprint density at radius 2 is 1.89 bits per heavy atom. The molecule has 0 aliphatic heterocycles. The molecule has 2 aromatic carbocycles. The Bertz CT molecular complexity index is 915. The van der Waals surface area contributed by atoms with E-state index in [2.05, 4.69) is 5.32 Å². The van der Waals surface area contributed by atoms with E-state index in [1.807, 2.05) is 92.0 Å². The smallest absolute Gasteiger partial charge is 0.261 e. The number of para-hydroxylation sites is 1. The van der Waals surface area contributed by atoms with Crippen molar-refractivity contribution in [1.82, 2.24) is 5.32 Å². The van der Waals surface area contributed by atoms with Crippen molar-refractivity contribution in [3.05, 3.63) is 93.7 Å². The zero-order chi connectivity index (χ0) is 19.1. The van der Waals surface area contributed by atoms with Crippen molar-refractivity contribution in [1.29, 1.82) is 0 Å². The van der Waals surface area contributed by atoms with Crippen LogP contribution in [0, 0.1) is 0 Å². The fourth-order valence-electron chi connectivity index (χ4n) is 2.75. The maximum Gasteiger partial charge on any atom is 0.261 e. The topological polar surface area (TPSA) is 38.3 Å². The molecule has 0 bridgehead atoms. The molecule has 0 aliphatic carbocycles. The lowest BCUT2D eigenvalue weighted by atomic mass is 10.1. The normalized spacial score (nSPS) is 12.1. The predicted octanol–water partition coefficient (Wildman–Crippen LogP) is 5.85. The number of hydrogen-bond acceptors (Lipinski definition) is 3. The molecule has 1 amide bonds. The maximum absolute atomic E-state index is 12.5. The Balaban J connectivity index is 1.61. The summed E-state index contributed by atoms with van der Waals surface area (Å²) < 4.78 is 5.94. The summed E-state index contributed by atoms with van der Waals surface area (Å²) in [4.78, 5) is 13.2. The summed E-state index contributed by atoms with van der Waals surface area (Å²) in [5.74, 6) is 0.780. The molecule has 3 nitrogen and oxygen atoms in total. The van der Waals surface area contributed by atoms with Gasteiger partial charge in [-0.2, -0.15) is 0 Å². The first kappa shape index (κ1) is 18.9. The van der Waals surface area contributed by atoms with Gasteiger partial charge in [-0.15, -0.1) is 11.3 Å². The minimum absolute atomic E-state index is 0.0341. The van der Waals surface area contributed by atoms with Crippen molar-refractivity contribution in [2.75, 3.05) is 0 Å². The van der Waals surface area contributed by atoms with Gasteiger partial charge in [0.2, 0.25) is 0 Å². The second-order valence-electron chi connectivity index (χ2n) is 6.25. The van der Waals surface area contributed by atoms with Gasteiger partial charge in [0.15, 0.2) is 0 Å². The number of carbonyl (C=O) groups excluding carboxylic acids is 1. The van der Waals surface area contributed by atoms with Gasteiger partial charge in [-0.3, -0.25) is 4.79 Å². The van der Waals surface area contributed by atoms with Crippen LogP contribution >= 0.6 is 11.3 Å². The first-order chi connectivity index (χ1) is 13.2. The highest BCUT2D eigenvalue weighted by Crippen LogP contribution is 2.23. The summed E-state index contributed by atoms with van der Waals surface area (Å²) in [7, 11) is 0. The Hall–Kier alpha value is -2.85. The highest BCUT2D eigenvalue weighted by atomic mass is 32.1. The number of rotatable bonds is 7. The van der Waals surface area contributed by atoms with Crippen LogP contribution in [0.25, 0.3) is 6.08 Å². The molecule has 3 aromatic rings. The van der Waals surface area contributed by atoms with Crippen molar-refractivity contribution in [3.8, 4) is 5.75 Å². The average molecular weight is 378 g/mol. The Kier molecular flexibility index (Phi) is 6.44. The third kappa shape index (κ3) is 5.08. The van der Waals surface area contributed by atoms with Crippen LogP contribution in [0.5, 0.6) is 5.75 Å². The summed E-state index contributed by atoms with van der Waals surface area (Å²) in [6, 6.07) is 19.7. The zero-order valence-electron chi connectivity index (χ0n) is 15.5. The predicted molar refractivity (Wildman–Crippen MR) is 112 cm³/mol. The van der Waals surface area contributed by atoms with Crippen molar-refractivity contribution >= 4 is 23.3 Å². The molecular formula is C23H23NO2S. The van der Waals surface area contributed by atoms with Crippen molar-refractivity contribution in [3.63, 3.8) is 0 Å². The number of benzene rings is 2. The summed E-state index contributed by atoms with van der Waals surface area (Å²) >= 11 is 1.44. The third-order valence-corrected chi connectivity index (χ3v) is 5.16. The van der Waals surface area contributed by atoms with E-state index in [1.54, 1.807) is 0 Å². The van der Waals surface area contributed by atoms with Gasteiger partial charge in [0.1, 0.15) is 12.4 Å². The molecule has 1 unspecified atom stereocenters. The summed E-state index contributed by atoms with van der Waals surface area (Å²) in [5, 5.41) is 5.02. The van der Waals surface area contributed by atoms with Crippen LogP contribution < -0.4 is 10.1 Å². The fraction of sp³-hybridized carbons (Fsp3) is 0.174. The molecule has 1 atom stereocenters. The van der Waals surface area contributed by atoms with E-state index in [1.165, 1.54) is 11.3 Å². The second kappa shape index (κ2) is 9.19. The number of carbonyl (C=O) groups is 1. The molecule has 0 fully saturated rings. The lowest BCUT2D eigenvalue weighted by molar-refractivity contribution is 0.0944. The monoisotopic (exact) mass is 377 g/mol. The van der Waals surface area contributed by atoms with Crippen LogP contribution in [0.1, 0.15) is 46.3 Å². The van der Waals surface area contributed by atoms with Gasteiger partial charge in [-0.05, 0) is 36.9 Å². The molecule has 0 aliphatic rings. The zero-order valence-corrected chi connectivity index (χ0v) is 16.3. The molecular weight excluding hydrogens is 354 g/mol. The van der Waals surface area contributed by atoms with E-state index in [4.69, 9.17) is 4.74 Å². The Morgan fingerprint density at radius 3 is 2.67 bits per heavy atom. The van der Waals surface area contributed by atoms with Crippen LogP contribution in [-0.2, 0) is 6.61 Å². The van der Waals surface area contributed by atoms with Crippen LogP contribution in [-0.4, -0.2) is 5.91 Å². The summed E-state index contributed by atoms with van der Waals surface area (Å²) in [6.45, 7) is 4.41. The van der Waals surface area contributed by atoms with Gasteiger partial charge in [0, 0.05) is 11.1 Å². The lowest BCUT2D eigenvalue weighted by Gasteiger charge is -2.13. The van der Waals surface area contributed by atoms with Crippen LogP contribution in [0.3, 0.4) is 0 Å². The number of amides is 1. The first-order valence-corrected chi connectivity index (χ1v) is 9.83. The molecule has 0 saturated heterocycles. The number of hydrogen-bond donors (Lipinski definition) is 1. The maximum atomic E-state index is 12.5. The highest BCUT2D eigenvalue weighted by Gasteiger charge is 2.13. The van der Waals surface area contributed by atoms with Crippen LogP contribution in [0.15, 0.2) is 72.1 Å². The number of allylic oxidation sites excluding steroid dienone is 1. The van der Waals surface area contributed by atoms with Gasteiger partial charge < -0.3 is 10.1 Å². The molecule has 1 N–H and O–H groups in total. The van der Waals surface area contributed by atoms with Crippen molar-refractivity contribution < 1.29 is 9.53 Å². The molecule has 0 spiro atoms. The fourth-order valence-corrected chi connectivity index (χ4v) is 3.55. The van der Waals surface area contributed by atoms with E-state index >= 15 is 0 Å². The van der Waals surface area contributed by atoms with E-state index in [9.17, 15) is 4.79 Å². The molecule has 27 heavy (non-hydrogen) atoms. The first-order valence-electron chi connectivity index (χ1n) is 8.95. The van der Waals surface area contributed by atoms with Crippen LogP contribution in [0.2, 0.25) is 0 Å². The lowest BCUT2D eigenvalue weighted by Crippen LogP contribution is -2.25. The molecule has 1 aromatic heterocycles. The number of nitrogens with one attached hydrogen (secondary N) is 1. The van der Waals surface area contributed by atoms with Crippen LogP contribution in [0.4, 0.5) is 0 Å². The molecule has 1 heterocycles. The molecule has 3 rings (SSSR count). The molecule has 4 heteroatoms. The molecule has 0 radical (unpaired) electrons. The number of thiophene rings is 1. The van der Waals surface area contributed by atoms with E-state index < -0.39 is 0 Å². The highest BCUT2D eigenvalue weighted by molar-refractivity contribution is 7.12. The summed E-state index contributed by atoms with van der Waals surface area (Å²) in [5.41, 5.74) is 3.13. The Morgan fingerprint density at radius 1 is 1.15 bits per heavy atom. The molecule has 138 valence electrons. The van der Waals surface area contributed by atoms with Gasteiger partial charge in [0.25, 0.3) is 5.91 Å². The number of ether oxygens (including phenoxy) is 1. The molecule has 0 saturated carbocycles. The third-order valence-electron chi connectivity index (χ3n) is 4.18. The van der Waals surface area contributed by atoms with Crippen molar-refractivity contribution in [2.45, 2.75) is 26.5 Å². The largest absolute Gasteiger partial charge is 0.488 e. The van der Waals surface area contributed by atoms with Gasteiger partial charge in [0.05, 0.1) is 10.9 Å². The Labute approximate surface area is 164 Å². The quantitative estimate of drug-likeness (QED) is 0.561. The van der Waals surface area contributed by atoms with E-state index in [0.717, 1.165) is 22.4 Å². The second-order valence-corrected chi connectivity index (χ2v) is 7.16. The van der Waals surface area contributed by atoms with Gasteiger partial charge >= 0.3 is 0 Å².